The first-order chi connectivity index (χ1) is 6.68. The van der Waals surface area contributed by atoms with E-state index in [0.717, 1.165) is 12.2 Å². The van der Waals surface area contributed by atoms with Crippen molar-refractivity contribution in [2.75, 3.05) is 0 Å². The summed E-state index contributed by atoms with van der Waals surface area (Å²) in [5.74, 6) is 0.807. The smallest absolute Gasteiger partial charge is 0.225 e. The van der Waals surface area contributed by atoms with Crippen LogP contribution < -0.4 is 11.1 Å². The Morgan fingerprint density at radius 2 is 2.50 bits per heavy atom. The fraction of sp³-hybridized carbons (Fsp3) is 0.500. The lowest BCUT2D eigenvalue weighted by molar-refractivity contribution is -0.123. The third-order valence-corrected chi connectivity index (χ3v) is 2.51. The minimum atomic E-state index is -0.0784. The Balaban J connectivity index is 1.88. The average molecular weight is 194 g/mol. The largest absolute Gasteiger partial charge is 0.467 e. The molecule has 1 amide bonds. The zero-order valence-corrected chi connectivity index (χ0v) is 8.07. The van der Waals surface area contributed by atoms with Gasteiger partial charge in [-0.15, -0.1) is 0 Å². The summed E-state index contributed by atoms with van der Waals surface area (Å²) in [7, 11) is 0. The van der Waals surface area contributed by atoms with E-state index < -0.39 is 0 Å². The van der Waals surface area contributed by atoms with E-state index in [2.05, 4.69) is 5.32 Å². The highest BCUT2D eigenvalue weighted by atomic mass is 16.3. The van der Waals surface area contributed by atoms with Crippen LogP contribution in [0.4, 0.5) is 0 Å². The second kappa shape index (κ2) is 3.46. The average Bonchev–Trinajstić information content (AvgIpc) is 2.70. The molecule has 1 aromatic rings. The molecule has 76 valence electrons. The van der Waals surface area contributed by atoms with E-state index in [1.54, 1.807) is 12.3 Å². The Labute approximate surface area is 82.5 Å². The molecule has 1 aliphatic rings. The molecule has 0 radical (unpaired) electrons. The highest BCUT2D eigenvalue weighted by Gasteiger charge is 2.40. The highest BCUT2D eigenvalue weighted by molar-refractivity contribution is 5.82. The van der Waals surface area contributed by atoms with E-state index in [9.17, 15) is 4.79 Å². The number of carbonyl (C=O) groups is 1. The van der Waals surface area contributed by atoms with Gasteiger partial charge in [0.2, 0.25) is 5.91 Å². The predicted molar refractivity (Wildman–Crippen MR) is 51.3 cm³/mol. The van der Waals surface area contributed by atoms with E-state index in [1.807, 2.05) is 13.0 Å². The van der Waals surface area contributed by atoms with Crippen molar-refractivity contribution in [1.29, 1.82) is 0 Å². The van der Waals surface area contributed by atoms with E-state index >= 15 is 0 Å². The van der Waals surface area contributed by atoms with Crippen molar-refractivity contribution in [3.63, 3.8) is 0 Å². The molecule has 1 heterocycles. The van der Waals surface area contributed by atoms with Crippen molar-refractivity contribution >= 4 is 5.91 Å². The Hall–Kier alpha value is -1.29. The second-order valence-corrected chi connectivity index (χ2v) is 3.75. The van der Waals surface area contributed by atoms with Crippen LogP contribution in [0.25, 0.3) is 0 Å². The van der Waals surface area contributed by atoms with Gasteiger partial charge in [-0.25, -0.2) is 0 Å². The third kappa shape index (κ3) is 1.80. The number of hydrogen-bond acceptors (Lipinski definition) is 3. The van der Waals surface area contributed by atoms with E-state index in [4.69, 9.17) is 10.2 Å². The number of amides is 1. The fourth-order valence-corrected chi connectivity index (χ4v) is 1.45. The standard InChI is InChI=1S/C10H14N2O2/c1-6(9-3-2-4-14-9)12-10(13)7-5-8(7)11/h2-4,6-8H,5,11H2,1H3,(H,12,13). The molecule has 0 saturated heterocycles. The van der Waals surface area contributed by atoms with Crippen molar-refractivity contribution in [1.82, 2.24) is 5.32 Å². The van der Waals surface area contributed by atoms with Crippen molar-refractivity contribution in [2.45, 2.75) is 25.4 Å². The summed E-state index contributed by atoms with van der Waals surface area (Å²) in [6, 6.07) is 3.63. The number of carbonyl (C=O) groups excluding carboxylic acids is 1. The second-order valence-electron chi connectivity index (χ2n) is 3.75. The maximum absolute atomic E-state index is 11.5. The van der Waals surface area contributed by atoms with Crippen LogP contribution in [0.15, 0.2) is 22.8 Å². The van der Waals surface area contributed by atoms with Crippen molar-refractivity contribution in [3.8, 4) is 0 Å². The van der Waals surface area contributed by atoms with Crippen LogP contribution in [-0.2, 0) is 4.79 Å². The quantitative estimate of drug-likeness (QED) is 0.748. The molecule has 4 heteroatoms. The molecule has 14 heavy (non-hydrogen) atoms. The van der Waals surface area contributed by atoms with Gasteiger partial charge in [-0.1, -0.05) is 0 Å². The van der Waals surface area contributed by atoms with Gasteiger partial charge < -0.3 is 15.5 Å². The summed E-state index contributed by atoms with van der Waals surface area (Å²) >= 11 is 0. The molecule has 3 unspecified atom stereocenters. The minimum Gasteiger partial charge on any atom is -0.467 e. The van der Waals surface area contributed by atoms with Gasteiger partial charge in [-0.2, -0.15) is 0 Å². The van der Waals surface area contributed by atoms with Crippen LogP contribution in [0.2, 0.25) is 0 Å². The number of rotatable bonds is 3. The van der Waals surface area contributed by atoms with E-state index in [0.29, 0.717) is 0 Å². The van der Waals surface area contributed by atoms with Crippen molar-refractivity contribution < 1.29 is 9.21 Å². The van der Waals surface area contributed by atoms with Gasteiger partial charge in [0.05, 0.1) is 18.2 Å². The predicted octanol–water partition coefficient (Wildman–Crippen LogP) is 0.804. The van der Waals surface area contributed by atoms with Gasteiger partial charge in [0.1, 0.15) is 5.76 Å². The third-order valence-electron chi connectivity index (χ3n) is 2.51. The fourth-order valence-electron chi connectivity index (χ4n) is 1.45. The van der Waals surface area contributed by atoms with E-state index in [1.165, 1.54) is 0 Å². The maximum atomic E-state index is 11.5. The molecule has 1 saturated carbocycles. The van der Waals surface area contributed by atoms with Crippen LogP contribution >= 0.6 is 0 Å². The molecule has 0 spiro atoms. The Morgan fingerprint density at radius 1 is 1.79 bits per heavy atom. The summed E-state index contributed by atoms with van der Waals surface area (Å²) < 4.78 is 5.18. The summed E-state index contributed by atoms with van der Waals surface area (Å²) in [5, 5.41) is 2.86. The number of nitrogens with one attached hydrogen (secondary N) is 1. The lowest BCUT2D eigenvalue weighted by Gasteiger charge is -2.10. The summed E-state index contributed by atoms with van der Waals surface area (Å²) in [4.78, 5) is 11.5. The van der Waals surface area contributed by atoms with Crippen LogP contribution in [0.3, 0.4) is 0 Å². The Bertz CT molecular complexity index is 321. The molecular weight excluding hydrogens is 180 g/mol. The molecule has 1 aromatic heterocycles. The topological polar surface area (TPSA) is 68.3 Å². The molecule has 0 aromatic carbocycles. The summed E-state index contributed by atoms with van der Waals surface area (Å²) in [6.45, 7) is 1.89. The summed E-state index contributed by atoms with van der Waals surface area (Å²) in [6.07, 6.45) is 2.40. The van der Waals surface area contributed by atoms with Crippen LogP contribution in [0.1, 0.15) is 25.1 Å². The minimum absolute atomic E-state index is 0.00686. The van der Waals surface area contributed by atoms with Crippen LogP contribution in [0.5, 0.6) is 0 Å². The van der Waals surface area contributed by atoms with Gasteiger partial charge in [-0.3, -0.25) is 4.79 Å². The zero-order chi connectivity index (χ0) is 10.1. The maximum Gasteiger partial charge on any atom is 0.225 e. The van der Waals surface area contributed by atoms with Crippen molar-refractivity contribution in [3.05, 3.63) is 24.2 Å². The molecule has 1 fully saturated rings. The SMILES string of the molecule is CC(NC(=O)C1CC1N)c1ccco1. The number of furan rings is 1. The molecule has 1 aliphatic carbocycles. The van der Waals surface area contributed by atoms with Gasteiger partial charge >= 0.3 is 0 Å². The van der Waals surface area contributed by atoms with Gasteiger partial charge in [-0.05, 0) is 25.5 Å². The summed E-state index contributed by atoms with van der Waals surface area (Å²) in [5.41, 5.74) is 5.58. The van der Waals surface area contributed by atoms with Gasteiger partial charge in [0.25, 0.3) is 0 Å². The highest BCUT2D eigenvalue weighted by Crippen LogP contribution is 2.28. The molecule has 0 aliphatic heterocycles. The first-order valence-corrected chi connectivity index (χ1v) is 4.78. The molecule has 3 atom stereocenters. The first-order valence-electron chi connectivity index (χ1n) is 4.78. The molecule has 0 bridgehead atoms. The molecular formula is C10H14N2O2. The number of hydrogen-bond donors (Lipinski definition) is 2. The van der Waals surface area contributed by atoms with Gasteiger partial charge in [0, 0.05) is 6.04 Å². The van der Waals surface area contributed by atoms with Crippen molar-refractivity contribution in [2.24, 2.45) is 11.7 Å². The lowest BCUT2D eigenvalue weighted by atomic mass is 10.2. The Morgan fingerprint density at radius 3 is 3.00 bits per heavy atom. The van der Waals surface area contributed by atoms with E-state index in [-0.39, 0.29) is 23.9 Å². The zero-order valence-electron chi connectivity index (χ0n) is 8.07. The van der Waals surface area contributed by atoms with Crippen LogP contribution in [-0.4, -0.2) is 11.9 Å². The van der Waals surface area contributed by atoms with Crippen LogP contribution in [0, 0.1) is 5.92 Å². The molecule has 4 nitrogen and oxygen atoms in total. The monoisotopic (exact) mass is 194 g/mol. The molecule has 3 N–H and O–H groups in total. The normalized spacial score (nSPS) is 27.0. The number of nitrogens with two attached hydrogens (primary N) is 1. The van der Waals surface area contributed by atoms with Gasteiger partial charge in [0.15, 0.2) is 0 Å². The lowest BCUT2D eigenvalue weighted by Crippen LogP contribution is -2.29. The molecule has 2 rings (SSSR count). The Kier molecular flexibility index (Phi) is 2.29. The first kappa shape index (κ1) is 9.27.